The Labute approximate surface area is 138 Å². The number of nitrogens with zero attached hydrogens (tertiary/aromatic N) is 6. The minimum atomic E-state index is -0.0972. The number of hydrogen-bond acceptors (Lipinski definition) is 5. The van der Waals surface area contributed by atoms with Crippen molar-refractivity contribution in [2.75, 3.05) is 13.1 Å². The second kappa shape index (κ2) is 5.61. The van der Waals surface area contributed by atoms with Gasteiger partial charge in [0, 0.05) is 19.6 Å². The van der Waals surface area contributed by atoms with E-state index in [2.05, 4.69) is 15.4 Å². The summed E-state index contributed by atoms with van der Waals surface area (Å²) in [6.07, 6.45) is 4.07. The summed E-state index contributed by atoms with van der Waals surface area (Å²) >= 11 is 6.16. The van der Waals surface area contributed by atoms with Gasteiger partial charge in [-0.3, -0.25) is 9.48 Å². The molecular formula is C14H17ClN6O2. The van der Waals surface area contributed by atoms with Crippen LogP contribution in [-0.2, 0) is 17.9 Å². The van der Waals surface area contributed by atoms with E-state index < -0.39 is 0 Å². The highest BCUT2D eigenvalue weighted by Gasteiger charge is 2.38. The standard InChI is InChI=1S/C14H17ClN6O2/c1-2-20-13(10(15)6-17-20)14(22)19-4-3-12-11(7-19)21-9(8-23-12)5-16-18-21/h5-6,11-12H,2-4,7-8H2,1H3/t11-,12+/m1/s1. The van der Waals surface area contributed by atoms with Gasteiger partial charge in [0.05, 0.1) is 41.9 Å². The number of fused-ring (bicyclic) bond motifs is 3. The second-order valence-corrected chi connectivity index (χ2v) is 6.19. The molecule has 2 aromatic heterocycles. The Bertz CT molecular complexity index is 741. The van der Waals surface area contributed by atoms with Gasteiger partial charge in [0.1, 0.15) is 5.69 Å². The van der Waals surface area contributed by atoms with Gasteiger partial charge in [-0.05, 0) is 13.3 Å². The first kappa shape index (κ1) is 14.6. The number of rotatable bonds is 2. The molecular weight excluding hydrogens is 320 g/mol. The van der Waals surface area contributed by atoms with Crippen LogP contribution < -0.4 is 0 Å². The summed E-state index contributed by atoms with van der Waals surface area (Å²) in [5, 5.41) is 12.6. The smallest absolute Gasteiger partial charge is 0.273 e. The van der Waals surface area contributed by atoms with Crippen LogP contribution in [-0.4, -0.2) is 54.8 Å². The average Bonchev–Trinajstić information content (AvgIpc) is 3.19. The van der Waals surface area contributed by atoms with Crippen LogP contribution in [0.15, 0.2) is 12.4 Å². The normalized spacial score (nSPS) is 23.5. The number of carbonyl (C=O) groups is 1. The van der Waals surface area contributed by atoms with E-state index in [4.69, 9.17) is 16.3 Å². The van der Waals surface area contributed by atoms with E-state index in [9.17, 15) is 4.79 Å². The Morgan fingerprint density at radius 3 is 3.17 bits per heavy atom. The number of halogens is 1. The van der Waals surface area contributed by atoms with Crippen LogP contribution in [0, 0.1) is 0 Å². The van der Waals surface area contributed by atoms with Crippen LogP contribution in [0.25, 0.3) is 0 Å². The van der Waals surface area contributed by atoms with Crippen LogP contribution in [0.1, 0.15) is 35.6 Å². The van der Waals surface area contributed by atoms with Gasteiger partial charge in [-0.1, -0.05) is 16.8 Å². The molecule has 4 heterocycles. The largest absolute Gasteiger partial charge is 0.370 e. The maximum atomic E-state index is 12.9. The minimum Gasteiger partial charge on any atom is -0.370 e. The Kier molecular flexibility index (Phi) is 3.57. The van der Waals surface area contributed by atoms with Crippen molar-refractivity contribution >= 4 is 17.5 Å². The Morgan fingerprint density at radius 1 is 1.48 bits per heavy atom. The monoisotopic (exact) mass is 336 g/mol. The summed E-state index contributed by atoms with van der Waals surface area (Å²) in [5.74, 6) is -0.0972. The second-order valence-electron chi connectivity index (χ2n) is 5.78. The zero-order chi connectivity index (χ0) is 16.0. The molecule has 122 valence electrons. The van der Waals surface area contributed by atoms with Crippen molar-refractivity contribution in [3.05, 3.63) is 28.8 Å². The molecule has 0 aliphatic carbocycles. The summed E-state index contributed by atoms with van der Waals surface area (Å²) in [7, 11) is 0. The molecule has 4 rings (SSSR count). The van der Waals surface area contributed by atoms with Crippen molar-refractivity contribution in [3.8, 4) is 0 Å². The summed E-state index contributed by atoms with van der Waals surface area (Å²) < 4.78 is 9.39. The van der Waals surface area contributed by atoms with Crippen LogP contribution in [0.5, 0.6) is 0 Å². The van der Waals surface area contributed by atoms with Gasteiger partial charge < -0.3 is 9.64 Å². The first-order valence-corrected chi connectivity index (χ1v) is 8.08. The lowest BCUT2D eigenvalue weighted by Crippen LogP contribution is -2.50. The predicted octanol–water partition coefficient (Wildman–Crippen LogP) is 1.13. The topological polar surface area (TPSA) is 78.1 Å². The third-order valence-corrected chi connectivity index (χ3v) is 4.79. The Balaban J connectivity index is 1.60. The van der Waals surface area contributed by atoms with Crippen LogP contribution in [0.4, 0.5) is 0 Å². The number of amides is 1. The van der Waals surface area contributed by atoms with E-state index in [0.29, 0.717) is 37.0 Å². The summed E-state index contributed by atoms with van der Waals surface area (Å²) in [6, 6.07) is -0.00396. The SMILES string of the molecule is CCn1ncc(Cl)c1C(=O)N1CC[C@@H]2OCc3cnnn3[C@@H]2C1. The molecule has 2 aliphatic rings. The van der Waals surface area contributed by atoms with E-state index >= 15 is 0 Å². The number of piperidine rings is 1. The lowest BCUT2D eigenvalue weighted by molar-refractivity contribution is -0.0606. The molecule has 0 bridgehead atoms. The quantitative estimate of drug-likeness (QED) is 0.821. The molecule has 2 aromatic rings. The molecule has 2 atom stereocenters. The molecule has 9 heteroatoms. The van der Waals surface area contributed by atoms with Crippen LogP contribution in [0.2, 0.25) is 5.02 Å². The number of aromatic nitrogens is 5. The lowest BCUT2D eigenvalue weighted by Gasteiger charge is -2.40. The van der Waals surface area contributed by atoms with Crippen LogP contribution in [0.3, 0.4) is 0 Å². The number of carbonyl (C=O) groups excluding carboxylic acids is 1. The van der Waals surface area contributed by atoms with Crippen molar-refractivity contribution in [1.82, 2.24) is 29.7 Å². The van der Waals surface area contributed by atoms with Gasteiger partial charge in [0.15, 0.2) is 0 Å². The van der Waals surface area contributed by atoms with Crippen molar-refractivity contribution in [1.29, 1.82) is 0 Å². The highest BCUT2D eigenvalue weighted by atomic mass is 35.5. The molecule has 2 aliphatic heterocycles. The van der Waals surface area contributed by atoms with Gasteiger partial charge in [0.2, 0.25) is 0 Å². The summed E-state index contributed by atoms with van der Waals surface area (Å²) in [6.45, 7) is 4.23. The third kappa shape index (κ3) is 2.33. The van der Waals surface area contributed by atoms with E-state index in [-0.39, 0.29) is 18.1 Å². The molecule has 0 aromatic carbocycles. The maximum absolute atomic E-state index is 12.9. The number of aryl methyl sites for hydroxylation is 1. The molecule has 1 fully saturated rings. The highest BCUT2D eigenvalue weighted by molar-refractivity contribution is 6.33. The number of hydrogen-bond donors (Lipinski definition) is 0. The first-order valence-electron chi connectivity index (χ1n) is 7.70. The maximum Gasteiger partial charge on any atom is 0.273 e. The molecule has 8 nitrogen and oxygen atoms in total. The van der Waals surface area contributed by atoms with Crippen LogP contribution >= 0.6 is 11.6 Å². The van der Waals surface area contributed by atoms with E-state index in [1.165, 1.54) is 6.20 Å². The molecule has 1 amide bonds. The summed E-state index contributed by atoms with van der Waals surface area (Å²) in [4.78, 5) is 14.7. The molecule has 0 radical (unpaired) electrons. The highest BCUT2D eigenvalue weighted by Crippen LogP contribution is 2.31. The van der Waals surface area contributed by atoms with Gasteiger partial charge in [-0.15, -0.1) is 5.10 Å². The summed E-state index contributed by atoms with van der Waals surface area (Å²) in [5.41, 5.74) is 1.39. The van der Waals surface area contributed by atoms with E-state index in [1.54, 1.807) is 15.8 Å². The zero-order valence-electron chi connectivity index (χ0n) is 12.7. The molecule has 0 spiro atoms. The van der Waals surface area contributed by atoms with Crippen molar-refractivity contribution < 1.29 is 9.53 Å². The van der Waals surface area contributed by atoms with Crippen molar-refractivity contribution in [2.24, 2.45) is 0 Å². The number of ether oxygens (including phenoxy) is 1. The van der Waals surface area contributed by atoms with Crippen molar-refractivity contribution in [3.63, 3.8) is 0 Å². The molecule has 1 saturated heterocycles. The van der Waals surface area contributed by atoms with Crippen molar-refractivity contribution in [2.45, 2.75) is 38.6 Å². The van der Waals surface area contributed by atoms with Gasteiger partial charge >= 0.3 is 0 Å². The first-order chi connectivity index (χ1) is 11.2. The fourth-order valence-corrected chi connectivity index (χ4v) is 3.55. The molecule has 0 N–H and O–H groups in total. The van der Waals surface area contributed by atoms with Gasteiger partial charge in [-0.2, -0.15) is 5.10 Å². The van der Waals surface area contributed by atoms with E-state index in [0.717, 1.165) is 12.1 Å². The average molecular weight is 337 g/mol. The Morgan fingerprint density at radius 2 is 2.35 bits per heavy atom. The fourth-order valence-electron chi connectivity index (χ4n) is 3.33. The molecule has 0 unspecified atom stereocenters. The van der Waals surface area contributed by atoms with E-state index in [1.807, 2.05) is 11.6 Å². The minimum absolute atomic E-state index is 0.00396. The lowest BCUT2D eigenvalue weighted by atomic mass is 10.00. The van der Waals surface area contributed by atoms with Gasteiger partial charge in [0.25, 0.3) is 5.91 Å². The fraction of sp³-hybridized carbons (Fsp3) is 0.571. The molecule has 23 heavy (non-hydrogen) atoms. The molecule has 0 saturated carbocycles. The predicted molar refractivity (Wildman–Crippen MR) is 81.1 cm³/mol. The van der Waals surface area contributed by atoms with Gasteiger partial charge in [-0.25, -0.2) is 4.68 Å². The third-order valence-electron chi connectivity index (χ3n) is 4.51. The number of likely N-dealkylation sites (tertiary alicyclic amines) is 1. The Hall–Kier alpha value is -1.93. The zero-order valence-corrected chi connectivity index (χ0v) is 13.5.